The number of carbonyl (C=O) groups is 2. The van der Waals surface area contributed by atoms with Crippen molar-refractivity contribution >= 4 is 23.2 Å². The molecule has 108 valence electrons. The zero-order chi connectivity index (χ0) is 15.4. The Morgan fingerprint density at radius 3 is 2.52 bits per heavy atom. The molecule has 0 unspecified atom stereocenters. The van der Waals surface area contributed by atoms with Gasteiger partial charge in [-0.2, -0.15) is 0 Å². The Hall–Kier alpha value is -3.02. The number of nitrogens with one attached hydrogen (secondary N) is 1. The number of ether oxygens (including phenoxy) is 1. The normalized spacial score (nSPS) is 9.95. The van der Waals surface area contributed by atoms with Crippen molar-refractivity contribution in [2.45, 2.75) is 0 Å². The number of hydrogen-bond acceptors (Lipinski definition) is 4. The Labute approximate surface area is 121 Å². The molecule has 0 radical (unpaired) electrons. The van der Waals surface area contributed by atoms with Gasteiger partial charge in [0, 0.05) is 11.3 Å². The van der Waals surface area contributed by atoms with Crippen LogP contribution in [0.2, 0.25) is 0 Å². The van der Waals surface area contributed by atoms with E-state index >= 15 is 0 Å². The summed E-state index contributed by atoms with van der Waals surface area (Å²) in [5.41, 5.74) is 12.4. The summed E-state index contributed by atoms with van der Waals surface area (Å²) >= 11 is 0. The summed E-state index contributed by atoms with van der Waals surface area (Å²) in [6.07, 6.45) is 0. The van der Waals surface area contributed by atoms with Crippen molar-refractivity contribution < 1.29 is 14.3 Å². The molecule has 2 rings (SSSR count). The van der Waals surface area contributed by atoms with Crippen LogP contribution in [0.5, 0.6) is 5.75 Å². The maximum atomic E-state index is 12.2. The van der Waals surface area contributed by atoms with Crippen molar-refractivity contribution in [3.63, 3.8) is 0 Å². The summed E-state index contributed by atoms with van der Waals surface area (Å²) in [7, 11) is 1.48. The molecule has 5 N–H and O–H groups in total. The maximum Gasteiger partial charge on any atom is 0.257 e. The number of primary amides is 1. The zero-order valence-electron chi connectivity index (χ0n) is 11.4. The molecule has 0 aliphatic heterocycles. The lowest BCUT2D eigenvalue weighted by atomic mass is 10.1. The van der Waals surface area contributed by atoms with Gasteiger partial charge in [-0.25, -0.2) is 0 Å². The highest BCUT2D eigenvalue weighted by molar-refractivity contribution is 6.09. The molecule has 0 fully saturated rings. The fourth-order valence-corrected chi connectivity index (χ4v) is 1.87. The average Bonchev–Trinajstić information content (AvgIpc) is 2.47. The second-order valence-corrected chi connectivity index (χ2v) is 4.32. The molecular formula is C15H15N3O3. The van der Waals surface area contributed by atoms with Crippen molar-refractivity contribution in [1.29, 1.82) is 0 Å². The minimum Gasteiger partial charge on any atom is -0.495 e. The van der Waals surface area contributed by atoms with Gasteiger partial charge >= 0.3 is 0 Å². The van der Waals surface area contributed by atoms with Crippen molar-refractivity contribution in [3.05, 3.63) is 53.6 Å². The van der Waals surface area contributed by atoms with Crippen LogP contribution >= 0.6 is 0 Å². The van der Waals surface area contributed by atoms with Crippen LogP contribution in [0.15, 0.2) is 42.5 Å². The lowest BCUT2D eigenvalue weighted by Gasteiger charge is -2.10. The summed E-state index contributed by atoms with van der Waals surface area (Å²) in [5, 5.41) is 2.66. The van der Waals surface area contributed by atoms with Crippen LogP contribution in [0.1, 0.15) is 20.7 Å². The van der Waals surface area contributed by atoms with Gasteiger partial charge < -0.3 is 21.5 Å². The Balaban J connectivity index is 2.26. The summed E-state index contributed by atoms with van der Waals surface area (Å²) < 4.78 is 5.07. The Morgan fingerprint density at radius 1 is 1.14 bits per heavy atom. The number of nitrogen functional groups attached to an aromatic ring is 1. The number of rotatable bonds is 4. The van der Waals surface area contributed by atoms with E-state index in [0.29, 0.717) is 22.6 Å². The first kappa shape index (κ1) is 14.4. The van der Waals surface area contributed by atoms with Gasteiger partial charge in [0.15, 0.2) is 0 Å². The van der Waals surface area contributed by atoms with E-state index in [4.69, 9.17) is 16.2 Å². The lowest BCUT2D eigenvalue weighted by molar-refractivity contribution is 0.0996. The fourth-order valence-electron chi connectivity index (χ4n) is 1.87. The minimum atomic E-state index is -0.563. The predicted molar refractivity (Wildman–Crippen MR) is 80.3 cm³/mol. The predicted octanol–water partition coefficient (Wildman–Crippen LogP) is 1.63. The number of anilines is 2. The Bertz CT molecular complexity index is 698. The van der Waals surface area contributed by atoms with E-state index in [1.165, 1.54) is 13.2 Å². The van der Waals surface area contributed by atoms with E-state index in [-0.39, 0.29) is 5.69 Å². The summed E-state index contributed by atoms with van der Waals surface area (Å²) in [6.45, 7) is 0. The van der Waals surface area contributed by atoms with E-state index in [9.17, 15) is 9.59 Å². The van der Waals surface area contributed by atoms with Gasteiger partial charge in [-0.15, -0.1) is 0 Å². The zero-order valence-corrected chi connectivity index (χ0v) is 11.4. The number of carbonyl (C=O) groups excluding carboxylic acids is 2. The Kier molecular flexibility index (Phi) is 4.08. The first-order valence-corrected chi connectivity index (χ1v) is 6.16. The monoisotopic (exact) mass is 285 g/mol. The van der Waals surface area contributed by atoms with Crippen LogP contribution in [-0.2, 0) is 0 Å². The number of benzene rings is 2. The highest BCUT2D eigenvalue weighted by Crippen LogP contribution is 2.25. The average molecular weight is 285 g/mol. The first-order chi connectivity index (χ1) is 10.0. The third kappa shape index (κ3) is 3.11. The van der Waals surface area contributed by atoms with Gasteiger partial charge in [-0.1, -0.05) is 12.1 Å². The second-order valence-electron chi connectivity index (χ2n) is 4.32. The van der Waals surface area contributed by atoms with E-state index in [2.05, 4.69) is 5.32 Å². The molecule has 21 heavy (non-hydrogen) atoms. The SMILES string of the molecule is COc1cccc(C(=O)Nc2cccc(C(N)=O)c2)c1N. The molecule has 0 atom stereocenters. The Morgan fingerprint density at radius 2 is 1.86 bits per heavy atom. The van der Waals surface area contributed by atoms with Crippen molar-refractivity contribution in [1.82, 2.24) is 0 Å². The minimum absolute atomic E-state index is 0.253. The molecule has 0 aromatic heterocycles. The number of amides is 2. The molecule has 2 amide bonds. The molecule has 0 aliphatic rings. The van der Waals surface area contributed by atoms with Gasteiger partial charge in [0.05, 0.1) is 18.4 Å². The largest absolute Gasteiger partial charge is 0.495 e. The fraction of sp³-hybridized carbons (Fsp3) is 0.0667. The molecule has 2 aromatic carbocycles. The van der Waals surface area contributed by atoms with E-state index in [1.807, 2.05) is 0 Å². The van der Waals surface area contributed by atoms with Crippen LogP contribution in [0.3, 0.4) is 0 Å². The first-order valence-electron chi connectivity index (χ1n) is 6.16. The van der Waals surface area contributed by atoms with Crippen LogP contribution in [-0.4, -0.2) is 18.9 Å². The molecule has 0 aliphatic carbocycles. The van der Waals surface area contributed by atoms with Crippen LogP contribution in [0, 0.1) is 0 Å². The molecule has 6 nitrogen and oxygen atoms in total. The van der Waals surface area contributed by atoms with E-state index in [0.717, 1.165) is 0 Å². The van der Waals surface area contributed by atoms with E-state index < -0.39 is 11.8 Å². The van der Waals surface area contributed by atoms with Crippen molar-refractivity contribution in [2.24, 2.45) is 5.73 Å². The van der Waals surface area contributed by atoms with Crippen LogP contribution in [0.4, 0.5) is 11.4 Å². The van der Waals surface area contributed by atoms with Gasteiger partial charge in [0.1, 0.15) is 5.75 Å². The van der Waals surface area contributed by atoms with Crippen LogP contribution in [0.25, 0.3) is 0 Å². The highest BCUT2D eigenvalue weighted by atomic mass is 16.5. The molecule has 6 heteroatoms. The standard InChI is InChI=1S/C15H15N3O3/c1-21-12-7-3-6-11(13(12)16)15(20)18-10-5-2-4-9(8-10)14(17)19/h2-8H,16H2,1H3,(H2,17,19)(H,18,20). The quantitative estimate of drug-likeness (QED) is 0.742. The number of methoxy groups -OCH3 is 1. The summed E-state index contributed by atoms with van der Waals surface area (Å²) in [4.78, 5) is 23.3. The molecule has 0 bridgehead atoms. The van der Waals surface area contributed by atoms with E-state index in [1.54, 1.807) is 36.4 Å². The summed E-state index contributed by atoms with van der Waals surface area (Å²) in [5.74, 6) is -0.534. The highest BCUT2D eigenvalue weighted by Gasteiger charge is 2.13. The molecule has 0 saturated heterocycles. The number of para-hydroxylation sites is 1. The molecule has 2 aromatic rings. The third-order valence-corrected chi connectivity index (χ3v) is 2.94. The topological polar surface area (TPSA) is 107 Å². The number of nitrogens with two attached hydrogens (primary N) is 2. The van der Waals surface area contributed by atoms with Gasteiger partial charge in [-0.3, -0.25) is 9.59 Å². The molecule has 0 spiro atoms. The van der Waals surface area contributed by atoms with Crippen molar-refractivity contribution in [2.75, 3.05) is 18.2 Å². The van der Waals surface area contributed by atoms with Crippen molar-refractivity contribution in [3.8, 4) is 5.75 Å². The number of hydrogen-bond donors (Lipinski definition) is 3. The maximum absolute atomic E-state index is 12.2. The van der Waals surface area contributed by atoms with Gasteiger partial charge in [0.25, 0.3) is 5.91 Å². The van der Waals surface area contributed by atoms with Gasteiger partial charge in [-0.05, 0) is 30.3 Å². The van der Waals surface area contributed by atoms with Crippen LogP contribution < -0.4 is 21.5 Å². The molecule has 0 saturated carbocycles. The molecule has 0 heterocycles. The lowest BCUT2D eigenvalue weighted by Crippen LogP contribution is -2.16. The van der Waals surface area contributed by atoms with Gasteiger partial charge in [0.2, 0.25) is 5.91 Å². The molecular weight excluding hydrogens is 270 g/mol. The second kappa shape index (κ2) is 5.96. The smallest absolute Gasteiger partial charge is 0.257 e. The summed E-state index contributed by atoms with van der Waals surface area (Å²) in [6, 6.07) is 11.3. The third-order valence-electron chi connectivity index (χ3n) is 2.94.